The zero-order valence-corrected chi connectivity index (χ0v) is 20.0. The van der Waals surface area contributed by atoms with E-state index < -0.39 is 0 Å². The third-order valence-corrected chi connectivity index (χ3v) is 6.80. The van der Waals surface area contributed by atoms with Gasteiger partial charge in [0.1, 0.15) is 0 Å². The number of hydrogen-bond donors (Lipinski definition) is 1. The normalized spacial score (nSPS) is 14.1. The lowest BCUT2D eigenvalue weighted by Crippen LogP contribution is -2.30. The van der Waals surface area contributed by atoms with Crippen LogP contribution in [0.1, 0.15) is 66.2 Å². The first-order chi connectivity index (χ1) is 13.3. The van der Waals surface area contributed by atoms with Crippen LogP contribution < -0.4 is 5.32 Å². The second-order valence-corrected chi connectivity index (χ2v) is 10.2. The molecule has 1 nitrogen and oxygen atoms in total. The maximum atomic E-state index is 3.72. The molecule has 154 valence electrons. The summed E-state index contributed by atoms with van der Waals surface area (Å²) < 4.78 is 0. The second-order valence-electron chi connectivity index (χ2n) is 8.96. The number of aryl methyl sites for hydroxylation is 3. The van der Waals surface area contributed by atoms with E-state index in [2.05, 4.69) is 89.9 Å². The molecule has 0 saturated carbocycles. The molecule has 0 aliphatic carbocycles. The maximum absolute atomic E-state index is 3.72. The molecule has 0 saturated heterocycles. The molecule has 2 heteroatoms. The van der Waals surface area contributed by atoms with E-state index in [0.717, 1.165) is 39.5 Å². The molecule has 2 rings (SSSR count). The summed E-state index contributed by atoms with van der Waals surface area (Å²) in [5.41, 5.74) is 9.36. The largest absolute Gasteiger partial charge is 0.314 e. The predicted octanol–water partition coefficient (Wildman–Crippen LogP) is 6.77. The van der Waals surface area contributed by atoms with Gasteiger partial charge in [0.25, 0.3) is 0 Å². The Balaban J connectivity index is 1.89. The van der Waals surface area contributed by atoms with Crippen molar-refractivity contribution in [3.05, 3.63) is 69.8 Å². The van der Waals surface area contributed by atoms with Gasteiger partial charge in [0.05, 0.1) is 0 Å². The first-order valence-corrected chi connectivity index (χ1v) is 12.4. The lowest BCUT2D eigenvalue weighted by Gasteiger charge is -2.20. The van der Waals surface area contributed by atoms with Crippen LogP contribution in [0.25, 0.3) is 0 Å². The van der Waals surface area contributed by atoms with E-state index in [4.69, 9.17) is 0 Å². The van der Waals surface area contributed by atoms with Gasteiger partial charge in [-0.2, -0.15) is 0 Å². The highest BCUT2D eigenvalue weighted by Gasteiger charge is 2.13. The van der Waals surface area contributed by atoms with Crippen molar-refractivity contribution in [3.63, 3.8) is 0 Å². The molecule has 2 aromatic carbocycles. The van der Waals surface area contributed by atoms with Gasteiger partial charge in [-0.1, -0.05) is 61.4 Å². The standard InChI is InChI=1S/C26H40NP/c1-18(2)12-26(28-7)25-9-8-24(21(5)16-25)17-22(6)27-11-10-23-14-19(3)13-20(4)15-23/h8-9,13-16,18,22,26-28H,10-12,17H2,1-7H3. The van der Waals surface area contributed by atoms with Crippen molar-refractivity contribution in [1.29, 1.82) is 0 Å². The minimum atomic E-state index is 0.495. The van der Waals surface area contributed by atoms with Crippen molar-refractivity contribution in [3.8, 4) is 0 Å². The molecule has 0 spiro atoms. The van der Waals surface area contributed by atoms with E-state index in [9.17, 15) is 0 Å². The van der Waals surface area contributed by atoms with Gasteiger partial charge in [0.15, 0.2) is 0 Å². The van der Waals surface area contributed by atoms with Crippen molar-refractivity contribution >= 4 is 8.58 Å². The van der Waals surface area contributed by atoms with E-state index in [1.54, 1.807) is 0 Å². The van der Waals surface area contributed by atoms with Crippen LogP contribution >= 0.6 is 8.58 Å². The zero-order valence-electron chi connectivity index (χ0n) is 19.0. The Labute approximate surface area is 175 Å². The predicted molar refractivity (Wildman–Crippen MR) is 128 cm³/mol. The Morgan fingerprint density at radius 3 is 2.18 bits per heavy atom. The van der Waals surface area contributed by atoms with E-state index in [1.807, 2.05) is 0 Å². The lowest BCUT2D eigenvalue weighted by atomic mass is 9.95. The number of hydrogen-bond acceptors (Lipinski definition) is 1. The van der Waals surface area contributed by atoms with Gasteiger partial charge in [0.2, 0.25) is 0 Å². The Bertz CT molecular complexity index is 730. The Kier molecular flexibility index (Phi) is 9.19. The highest BCUT2D eigenvalue weighted by Crippen LogP contribution is 2.38. The molecule has 1 N–H and O–H groups in total. The molecular formula is C26H40NP. The summed E-state index contributed by atoms with van der Waals surface area (Å²) in [5, 5.41) is 3.72. The lowest BCUT2D eigenvalue weighted by molar-refractivity contribution is 0.547. The van der Waals surface area contributed by atoms with E-state index >= 15 is 0 Å². The van der Waals surface area contributed by atoms with Gasteiger partial charge in [-0.15, -0.1) is 8.58 Å². The van der Waals surface area contributed by atoms with Gasteiger partial charge in [-0.05, 0) is 88.3 Å². The van der Waals surface area contributed by atoms with Crippen molar-refractivity contribution in [2.75, 3.05) is 13.2 Å². The monoisotopic (exact) mass is 397 g/mol. The van der Waals surface area contributed by atoms with E-state index in [1.165, 1.54) is 39.8 Å². The van der Waals surface area contributed by atoms with E-state index in [-0.39, 0.29) is 0 Å². The summed E-state index contributed by atoms with van der Waals surface area (Å²) in [5.74, 6) is 0.763. The fourth-order valence-corrected chi connectivity index (χ4v) is 5.36. The van der Waals surface area contributed by atoms with Gasteiger partial charge < -0.3 is 5.32 Å². The van der Waals surface area contributed by atoms with Gasteiger partial charge >= 0.3 is 0 Å². The van der Waals surface area contributed by atoms with Crippen LogP contribution in [0.4, 0.5) is 0 Å². The van der Waals surface area contributed by atoms with Crippen LogP contribution in [-0.4, -0.2) is 19.3 Å². The summed E-state index contributed by atoms with van der Waals surface area (Å²) in [4.78, 5) is 0. The summed E-state index contributed by atoms with van der Waals surface area (Å²) >= 11 is 0. The van der Waals surface area contributed by atoms with Crippen LogP contribution in [0.5, 0.6) is 0 Å². The van der Waals surface area contributed by atoms with Gasteiger partial charge in [-0.25, -0.2) is 0 Å². The molecular weight excluding hydrogens is 357 g/mol. The SMILES string of the molecule is CPC(CC(C)C)c1ccc(CC(C)NCCc2cc(C)cc(C)c2)c(C)c1. The van der Waals surface area contributed by atoms with E-state index in [0.29, 0.717) is 6.04 Å². The molecule has 0 bridgehead atoms. The molecule has 28 heavy (non-hydrogen) atoms. The third kappa shape index (κ3) is 7.34. The zero-order chi connectivity index (χ0) is 20.7. The minimum Gasteiger partial charge on any atom is -0.314 e. The summed E-state index contributed by atoms with van der Waals surface area (Å²) in [6.45, 7) is 17.0. The molecule has 0 heterocycles. The van der Waals surface area contributed by atoms with Crippen LogP contribution in [-0.2, 0) is 12.8 Å². The van der Waals surface area contributed by atoms with Gasteiger partial charge in [-0.3, -0.25) is 0 Å². The topological polar surface area (TPSA) is 12.0 Å². The molecule has 3 atom stereocenters. The summed E-state index contributed by atoms with van der Waals surface area (Å²) in [6, 6.07) is 14.6. The number of rotatable bonds is 10. The molecule has 0 amide bonds. The molecule has 0 aromatic heterocycles. The molecule has 0 aliphatic heterocycles. The van der Waals surface area contributed by atoms with Crippen LogP contribution in [0, 0.1) is 26.7 Å². The Morgan fingerprint density at radius 2 is 1.61 bits per heavy atom. The quantitative estimate of drug-likeness (QED) is 0.436. The molecule has 0 aliphatic rings. The first kappa shape index (κ1) is 23.1. The van der Waals surface area contributed by atoms with Crippen molar-refractivity contribution in [1.82, 2.24) is 5.32 Å². The highest BCUT2D eigenvalue weighted by atomic mass is 31.1. The second kappa shape index (κ2) is 11.1. The number of benzene rings is 2. The summed E-state index contributed by atoms with van der Waals surface area (Å²) in [7, 11) is 0.980. The fraction of sp³-hybridized carbons (Fsp3) is 0.538. The smallest absolute Gasteiger partial charge is 0.00793 e. The van der Waals surface area contributed by atoms with Crippen LogP contribution in [0.3, 0.4) is 0 Å². The van der Waals surface area contributed by atoms with Crippen molar-refractivity contribution in [2.24, 2.45) is 5.92 Å². The number of nitrogens with one attached hydrogen (secondary N) is 1. The Morgan fingerprint density at radius 1 is 0.929 bits per heavy atom. The van der Waals surface area contributed by atoms with Crippen molar-refractivity contribution < 1.29 is 0 Å². The molecule has 0 fully saturated rings. The summed E-state index contributed by atoms with van der Waals surface area (Å²) in [6.07, 6.45) is 3.49. The minimum absolute atomic E-state index is 0.495. The van der Waals surface area contributed by atoms with Crippen LogP contribution in [0.15, 0.2) is 36.4 Å². The van der Waals surface area contributed by atoms with Crippen molar-refractivity contribution in [2.45, 2.75) is 72.5 Å². The fourth-order valence-electron chi connectivity index (χ4n) is 4.14. The molecule has 3 unspecified atom stereocenters. The Hall–Kier alpha value is -1.17. The first-order valence-electron chi connectivity index (χ1n) is 10.9. The van der Waals surface area contributed by atoms with Crippen LogP contribution in [0.2, 0.25) is 0 Å². The third-order valence-electron chi connectivity index (χ3n) is 5.54. The van der Waals surface area contributed by atoms with Gasteiger partial charge in [0, 0.05) is 11.7 Å². The average Bonchev–Trinajstić information content (AvgIpc) is 2.60. The molecule has 0 radical (unpaired) electrons. The maximum Gasteiger partial charge on any atom is 0.00793 e. The molecule has 2 aromatic rings. The highest BCUT2D eigenvalue weighted by molar-refractivity contribution is 7.37. The average molecular weight is 398 g/mol.